The van der Waals surface area contributed by atoms with Crippen molar-refractivity contribution in [1.82, 2.24) is 40.4 Å². The van der Waals surface area contributed by atoms with E-state index < -0.39 is 24.3 Å². The van der Waals surface area contributed by atoms with Gasteiger partial charge in [0.15, 0.2) is 0 Å². The third-order valence-corrected chi connectivity index (χ3v) is 12.9. The first-order chi connectivity index (χ1) is 27.9. The van der Waals surface area contributed by atoms with Crippen LogP contribution in [-0.4, -0.2) is 92.1 Å². The summed E-state index contributed by atoms with van der Waals surface area (Å²) in [5.74, 6) is 1.78. The molecule has 2 aromatic heterocycles. The summed E-state index contributed by atoms with van der Waals surface area (Å²) < 4.78 is 9.64. The van der Waals surface area contributed by atoms with Crippen LogP contribution in [0.5, 0.6) is 0 Å². The summed E-state index contributed by atoms with van der Waals surface area (Å²) in [7, 11) is 2.61. The number of hydrogen-bond donors (Lipinski definition) is 4. The highest BCUT2D eigenvalue weighted by molar-refractivity contribution is 5.88. The molecular formula is C44H54N8O6. The predicted molar refractivity (Wildman–Crippen MR) is 217 cm³/mol. The number of piperidine rings is 2. The molecule has 306 valence electrons. The number of rotatable bonds is 11. The molecule has 4 unspecified atom stereocenters. The Morgan fingerprint density at radius 2 is 0.966 bits per heavy atom. The highest BCUT2D eigenvalue weighted by Crippen LogP contribution is 2.51. The fourth-order valence-corrected chi connectivity index (χ4v) is 9.97. The van der Waals surface area contributed by atoms with Crippen molar-refractivity contribution < 1.29 is 28.7 Å². The largest absolute Gasteiger partial charge is 0.453 e. The van der Waals surface area contributed by atoms with Crippen LogP contribution in [0.1, 0.15) is 90.0 Å². The van der Waals surface area contributed by atoms with E-state index in [2.05, 4.69) is 69.1 Å². The number of benzene rings is 2. The summed E-state index contributed by atoms with van der Waals surface area (Å²) in [5, 5.41) is 5.51. The number of aromatic amines is 2. The van der Waals surface area contributed by atoms with Gasteiger partial charge in [0.1, 0.15) is 23.7 Å². The topological polar surface area (TPSA) is 175 Å². The number of H-pyrrole nitrogens is 2. The van der Waals surface area contributed by atoms with E-state index in [0.29, 0.717) is 11.8 Å². The standard InChI is InChI=1S/C44H54N8O6/c1-23(2)35(49-43(55)57-5)41(53)51-31-17-15-29(19-31)37(51)39-45-21-33(47-39)27-11-7-25(8-12-27)26-9-13-28(14-10-26)34-22-46-40(48-34)38-30-16-18-32(20-30)52(38)42(54)36(24(3)4)50-44(56)58-6/h7-14,21-24,29-32,35-38H,15-20H2,1-6H3,(H,45,47)(H,46,48)(H,49,55)(H,50,56)/t29?,30?,31?,32?,35-,36-,37-,38-/m0/s1. The van der Waals surface area contributed by atoms with Crippen LogP contribution in [0.2, 0.25) is 0 Å². The number of imidazole rings is 2. The molecule has 4 aliphatic rings. The molecule has 0 spiro atoms. The van der Waals surface area contributed by atoms with E-state index in [1.165, 1.54) is 14.2 Å². The highest BCUT2D eigenvalue weighted by Gasteiger charge is 2.53. The number of ether oxygens (including phenoxy) is 2. The number of carbonyl (C=O) groups is 4. The Morgan fingerprint density at radius 3 is 1.31 bits per heavy atom. The molecule has 14 heteroatoms. The van der Waals surface area contributed by atoms with Gasteiger partial charge in [-0.3, -0.25) is 9.59 Å². The molecule has 58 heavy (non-hydrogen) atoms. The van der Waals surface area contributed by atoms with Crippen molar-refractivity contribution in [1.29, 1.82) is 0 Å². The van der Waals surface area contributed by atoms with Gasteiger partial charge in [-0.1, -0.05) is 76.2 Å². The molecule has 4 aromatic rings. The molecule has 4 N–H and O–H groups in total. The first-order valence-corrected chi connectivity index (χ1v) is 20.6. The zero-order chi connectivity index (χ0) is 40.8. The highest BCUT2D eigenvalue weighted by atomic mass is 16.5. The van der Waals surface area contributed by atoms with Gasteiger partial charge in [-0.15, -0.1) is 0 Å². The molecule has 4 amide bonds. The lowest BCUT2D eigenvalue weighted by Crippen LogP contribution is -2.54. The molecule has 4 fully saturated rings. The van der Waals surface area contributed by atoms with Crippen molar-refractivity contribution >= 4 is 24.0 Å². The molecule has 2 aromatic carbocycles. The van der Waals surface area contributed by atoms with Crippen LogP contribution in [0.25, 0.3) is 33.6 Å². The van der Waals surface area contributed by atoms with E-state index in [1.54, 1.807) is 0 Å². The summed E-state index contributed by atoms with van der Waals surface area (Å²) in [6.07, 6.45) is 8.45. The van der Waals surface area contributed by atoms with Gasteiger partial charge in [0, 0.05) is 35.6 Å². The Kier molecular flexibility index (Phi) is 10.8. The van der Waals surface area contributed by atoms with Crippen molar-refractivity contribution in [3.63, 3.8) is 0 Å². The van der Waals surface area contributed by atoms with Crippen LogP contribution in [0, 0.1) is 23.7 Å². The van der Waals surface area contributed by atoms with Crippen molar-refractivity contribution in [2.45, 2.75) is 102 Å². The van der Waals surface area contributed by atoms with Crippen molar-refractivity contribution in [2.75, 3.05) is 14.2 Å². The molecule has 8 rings (SSSR count). The molecule has 2 saturated heterocycles. The number of alkyl carbamates (subject to hydrolysis) is 2. The molecular weight excluding hydrogens is 737 g/mol. The van der Waals surface area contributed by atoms with Gasteiger partial charge < -0.3 is 39.9 Å². The zero-order valence-corrected chi connectivity index (χ0v) is 34.0. The van der Waals surface area contributed by atoms with Crippen LogP contribution >= 0.6 is 0 Å². The monoisotopic (exact) mass is 790 g/mol. The predicted octanol–water partition coefficient (Wildman–Crippen LogP) is 7.00. The average molecular weight is 791 g/mol. The van der Waals surface area contributed by atoms with Crippen molar-refractivity contribution in [3.05, 3.63) is 72.6 Å². The van der Waals surface area contributed by atoms with Crippen LogP contribution in [0.15, 0.2) is 60.9 Å². The SMILES string of the molecule is COC(=O)N[C@H](C(=O)N1C2CCC(C2)[C@H]1c1nc(-c2ccc(-c3ccc(-c4c[nH]c([C@@H]5C6CCC(C6)N5C(=O)[C@@H](NC(=O)OC)C(C)C)n4)cc3)cc2)c[nH]1)C(C)C. The summed E-state index contributed by atoms with van der Waals surface area (Å²) in [5.41, 5.74) is 5.68. The second kappa shape index (κ2) is 15.9. The number of aromatic nitrogens is 4. The van der Waals surface area contributed by atoms with Crippen LogP contribution < -0.4 is 10.6 Å². The van der Waals surface area contributed by atoms with E-state index in [1.807, 2.05) is 49.9 Å². The van der Waals surface area contributed by atoms with E-state index in [-0.39, 0.29) is 47.8 Å². The number of amides is 4. The van der Waals surface area contributed by atoms with Crippen molar-refractivity contribution in [2.24, 2.45) is 23.7 Å². The van der Waals surface area contributed by atoms with Crippen molar-refractivity contribution in [3.8, 4) is 33.6 Å². The maximum atomic E-state index is 13.9. The number of hydrogen-bond acceptors (Lipinski definition) is 8. The number of fused-ring (bicyclic) bond motifs is 4. The Hall–Kier alpha value is -5.66. The fraction of sp³-hybridized carbons (Fsp3) is 0.500. The summed E-state index contributed by atoms with van der Waals surface area (Å²) in [4.78, 5) is 72.8. The molecule has 2 aliphatic carbocycles. The quantitative estimate of drug-likeness (QED) is 0.126. The van der Waals surface area contributed by atoms with Gasteiger partial charge in [0.2, 0.25) is 11.8 Å². The Balaban J connectivity index is 0.951. The van der Waals surface area contributed by atoms with E-state index in [0.717, 1.165) is 83.8 Å². The minimum atomic E-state index is -0.681. The third kappa shape index (κ3) is 7.21. The average Bonchev–Trinajstić information content (AvgIpc) is 4.10. The number of nitrogens with one attached hydrogen (secondary N) is 4. The van der Waals surface area contributed by atoms with Gasteiger partial charge in [0.05, 0.1) is 37.7 Å². The maximum absolute atomic E-state index is 13.9. The second-order valence-corrected chi connectivity index (χ2v) is 17.0. The fourth-order valence-electron chi connectivity index (χ4n) is 9.97. The summed E-state index contributed by atoms with van der Waals surface area (Å²) in [6, 6.07) is 15.2. The van der Waals surface area contributed by atoms with E-state index in [4.69, 9.17) is 19.4 Å². The van der Waals surface area contributed by atoms with Gasteiger partial charge in [0.25, 0.3) is 0 Å². The third-order valence-electron chi connectivity index (χ3n) is 12.9. The zero-order valence-electron chi connectivity index (χ0n) is 34.0. The van der Waals surface area contributed by atoms with Crippen LogP contribution in [0.3, 0.4) is 0 Å². The summed E-state index contributed by atoms with van der Waals surface area (Å²) in [6.45, 7) is 7.71. The van der Waals surface area contributed by atoms with Gasteiger partial charge >= 0.3 is 12.2 Å². The van der Waals surface area contributed by atoms with Gasteiger partial charge in [-0.2, -0.15) is 0 Å². The smallest absolute Gasteiger partial charge is 0.407 e. The van der Waals surface area contributed by atoms with E-state index in [9.17, 15) is 19.2 Å². The molecule has 2 saturated carbocycles. The second-order valence-electron chi connectivity index (χ2n) is 17.0. The lowest BCUT2D eigenvalue weighted by Gasteiger charge is -2.37. The maximum Gasteiger partial charge on any atom is 0.407 e. The van der Waals surface area contributed by atoms with E-state index >= 15 is 0 Å². The minimum absolute atomic E-state index is 0.0935. The Labute approximate surface area is 338 Å². The molecule has 2 aliphatic heterocycles. The normalized spacial score (nSPS) is 24.3. The first kappa shape index (κ1) is 39.2. The molecule has 14 nitrogen and oxygen atoms in total. The molecule has 4 heterocycles. The molecule has 0 radical (unpaired) electrons. The number of carbonyl (C=O) groups excluding carboxylic acids is 4. The van der Waals surface area contributed by atoms with Crippen LogP contribution in [-0.2, 0) is 19.1 Å². The Bertz CT molecular complexity index is 1990. The van der Waals surface area contributed by atoms with Gasteiger partial charge in [-0.05, 0) is 73.3 Å². The lowest BCUT2D eigenvalue weighted by molar-refractivity contribution is -0.140. The number of likely N-dealkylation sites (tertiary alicyclic amines) is 2. The molecule has 8 atom stereocenters. The number of nitrogens with zero attached hydrogens (tertiary/aromatic N) is 4. The summed E-state index contributed by atoms with van der Waals surface area (Å²) >= 11 is 0. The minimum Gasteiger partial charge on any atom is -0.453 e. The Morgan fingerprint density at radius 1 is 0.603 bits per heavy atom. The van der Waals surface area contributed by atoms with Gasteiger partial charge in [-0.25, -0.2) is 19.6 Å². The van der Waals surface area contributed by atoms with Crippen LogP contribution in [0.4, 0.5) is 9.59 Å². The first-order valence-electron chi connectivity index (χ1n) is 20.6. The lowest BCUT2D eigenvalue weighted by atomic mass is 9.95. The number of methoxy groups -OCH3 is 2. The molecule has 4 bridgehead atoms.